The maximum absolute atomic E-state index is 13.1. The molecule has 1 fully saturated rings. The van der Waals surface area contributed by atoms with Gasteiger partial charge in [-0.2, -0.15) is 13.2 Å². The third-order valence-corrected chi connectivity index (χ3v) is 6.86. The number of hydrogen-bond acceptors (Lipinski definition) is 3. The van der Waals surface area contributed by atoms with Gasteiger partial charge >= 0.3 is 6.18 Å². The van der Waals surface area contributed by atoms with Crippen molar-refractivity contribution in [2.75, 3.05) is 26.2 Å². The molecule has 0 radical (unpaired) electrons. The third kappa shape index (κ3) is 4.54. The molecule has 2 amide bonds. The van der Waals surface area contributed by atoms with Crippen LogP contribution in [0.4, 0.5) is 18.0 Å². The minimum Gasteiger partial charge on any atom is -0.530 e. The number of fused-ring (bicyclic) bond motifs is 1. The molecular weight excluding hydrogens is 494 g/mol. The van der Waals surface area contributed by atoms with Crippen LogP contribution in [0.2, 0.25) is 10.0 Å². The van der Waals surface area contributed by atoms with E-state index >= 15 is 0 Å². The minimum absolute atomic E-state index is 0.141. The van der Waals surface area contributed by atoms with E-state index in [2.05, 4.69) is 0 Å². The van der Waals surface area contributed by atoms with Gasteiger partial charge in [-0.3, -0.25) is 4.79 Å². The van der Waals surface area contributed by atoms with Gasteiger partial charge < -0.3 is 24.3 Å². The third-order valence-electron chi connectivity index (χ3n) is 6.07. The molecule has 0 bridgehead atoms. The second-order valence-electron chi connectivity index (χ2n) is 8.08. The van der Waals surface area contributed by atoms with Crippen LogP contribution >= 0.6 is 23.2 Å². The van der Waals surface area contributed by atoms with E-state index in [-0.39, 0.29) is 49.1 Å². The van der Waals surface area contributed by atoms with Crippen molar-refractivity contribution in [2.45, 2.75) is 12.6 Å². The van der Waals surface area contributed by atoms with Crippen molar-refractivity contribution in [1.82, 2.24) is 14.4 Å². The predicted molar refractivity (Wildman–Crippen MR) is 120 cm³/mol. The molecule has 0 saturated carbocycles. The molecule has 1 aliphatic heterocycles. The summed E-state index contributed by atoms with van der Waals surface area (Å²) in [4.78, 5) is 26.7. The van der Waals surface area contributed by atoms with E-state index in [0.717, 1.165) is 17.0 Å². The number of aryl methyl sites for hydroxylation is 1. The van der Waals surface area contributed by atoms with Crippen LogP contribution in [0, 0.1) is 0 Å². The SMILES string of the molecule is Cn1c(Cc2c(Cl)ccc(C(=O)N3CCN(C(=O)[O-])CC3)c2Cl)cc2ccc(C(F)(F)F)cc21. The van der Waals surface area contributed by atoms with Crippen LogP contribution in [-0.2, 0) is 19.6 Å². The second-order valence-corrected chi connectivity index (χ2v) is 8.86. The van der Waals surface area contributed by atoms with Crippen LogP contribution in [0.25, 0.3) is 10.9 Å². The Morgan fingerprint density at radius 3 is 2.26 bits per heavy atom. The first kappa shape index (κ1) is 24.2. The molecule has 4 rings (SSSR count). The fourth-order valence-electron chi connectivity index (χ4n) is 4.10. The number of carbonyl (C=O) groups is 2. The lowest BCUT2D eigenvalue weighted by Crippen LogP contribution is -2.54. The summed E-state index contributed by atoms with van der Waals surface area (Å²) in [5.41, 5.74) is 1.04. The lowest BCUT2D eigenvalue weighted by Gasteiger charge is -2.36. The van der Waals surface area contributed by atoms with E-state index < -0.39 is 17.8 Å². The molecule has 3 aromatic rings. The molecule has 1 aliphatic rings. The summed E-state index contributed by atoms with van der Waals surface area (Å²) in [6.07, 6.45) is -5.54. The van der Waals surface area contributed by atoms with Gasteiger partial charge in [-0.15, -0.1) is 0 Å². The zero-order chi connectivity index (χ0) is 24.8. The standard InChI is InChI=1S/C23H20Cl2F3N3O3/c1-29-15(10-13-2-3-14(11-19(13)29)23(26,27)28)12-17-18(24)5-4-16(20(17)25)21(32)30-6-8-31(9-7-30)22(33)34/h2-5,10-11H,6-9,12H2,1H3,(H,33,34)/p-1. The van der Waals surface area contributed by atoms with Gasteiger partial charge in [0.1, 0.15) is 6.09 Å². The molecule has 1 aromatic heterocycles. The topological polar surface area (TPSA) is 68.6 Å². The van der Waals surface area contributed by atoms with E-state index in [0.29, 0.717) is 27.2 Å². The Bertz CT molecular complexity index is 1280. The van der Waals surface area contributed by atoms with Gasteiger partial charge in [-0.05, 0) is 41.3 Å². The number of rotatable bonds is 3. The fraction of sp³-hybridized carbons (Fsp3) is 0.304. The fourth-order valence-corrected chi connectivity index (χ4v) is 4.69. The van der Waals surface area contributed by atoms with Crippen molar-refractivity contribution in [3.05, 3.63) is 68.8 Å². The zero-order valence-electron chi connectivity index (χ0n) is 18.0. The Morgan fingerprint density at radius 1 is 1.00 bits per heavy atom. The number of alkyl halides is 3. The van der Waals surface area contributed by atoms with Crippen LogP contribution in [0.15, 0.2) is 36.4 Å². The van der Waals surface area contributed by atoms with Crippen molar-refractivity contribution in [1.29, 1.82) is 0 Å². The first-order chi connectivity index (χ1) is 16.0. The van der Waals surface area contributed by atoms with Gasteiger partial charge in [0.05, 0.1) is 16.1 Å². The predicted octanol–water partition coefficient (Wildman–Crippen LogP) is 4.20. The van der Waals surface area contributed by atoms with Gasteiger partial charge in [-0.1, -0.05) is 29.3 Å². The van der Waals surface area contributed by atoms with Crippen LogP contribution in [0.3, 0.4) is 0 Å². The molecule has 0 unspecified atom stereocenters. The normalized spacial score (nSPS) is 14.6. The maximum Gasteiger partial charge on any atom is 0.416 e. The molecule has 1 saturated heterocycles. The smallest absolute Gasteiger partial charge is 0.416 e. The van der Waals surface area contributed by atoms with Crippen molar-refractivity contribution in [3.63, 3.8) is 0 Å². The van der Waals surface area contributed by atoms with Crippen LogP contribution < -0.4 is 5.11 Å². The van der Waals surface area contributed by atoms with E-state index in [9.17, 15) is 27.9 Å². The van der Waals surface area contributed by atoms with Gasteiger partial charge in [0.25, 0.3) is 5.91 Å². The van der Waals surface area contributed by atoms with Crippen LogP contribution in [0.1, 0.15) is 27.2 Å². The highest BCUT2D eigenvalue weighted by Gasteiger charge is 2.31. The maximum atomic E-state index is 13.1. The summed E-state index contributed by atoms with van der Waals surface area (Å²) in [6.45, 7) is 0.682. The highest BCUT2D eigenvalue weighted by Crippen LogP contribution is 2.35. The number of nitrogens with zero attached hydrogens (tertiary/aromatic N) is 3. The number of amides is 2. The molecule has 180 valence electrons. The van der Waals surface area contributed by atoms with E-state index in [4.69, 9.17) is 23.2 Å². The molecule has 11 heteroatoms. The molecule has 0 N–H and O–H groups in total. The van der Waals surface area contributed by atoms with Gasteiger partial charge in [0.2, 0.25) is 0 Å². The van der Waals surface area contributed by atoms with Gasteiger partial charge in [0, 0.05) is 55.9 Å². The minimum atomic E-state index is -4.45. The number of carboxylic acid groups (broad SMARTS) is 1. The average molecular weight is 513 g/mol. The Morgan fingerprint density at radius 2 is 1.65 bits per heavy atom. The average Bonchev–Trinajstić information content (AvgIpc) is 3.10. The first-order valence-corrected chi connectivity index (χ1v) is 11.1. The zero-order valence-corrected chi connectivity index (χ0v) is 19.5. The van der Waals surface area contributed by atoms with Crippen molar-refractivity contribution < 1.29 is 27.9 Å². The highest BCUT2D eigenvalue weighted by molar-refractivity contribution is 6.38. The Kier molecular flexibility index (Phi) is 6.44. The largest absolute Gasteiger partial charge is 0.530 e. The summed E-state index contributed by atoms with van der Waals surface area (Å²) in [7, 11) is 1.66. The summed E-state index contributed by atoms with van der Waals surface area (Å²) in [6, 6.07) is 8.36. The lowest BCUT2D eigenvalue weighted by atomic mass is 10.0. The van der Waals surface area contributed by atoms with Crippen LogP contribution in [0.5, 0.6) is 0 Å². The molecule has 0 spiro atoms. The molecular formula is C23H19Cl2F3N3O3-. The molecule has 0 aliphatic carbocycles. The van der Waals surface area contributed by atoms with Crippen molar-refractivity contribution in [3.8, 4) is 0 Å². The molecule has 0 atom stereocenters. The Balaban J connectivity index is 1.63. The number of carbonyl (C=O) groups excluding carboxylic acids is 2. The lowest BCUT2D eigenvalue weighted by molar-refractivity contribution is -0.266. The number of halogens is 5. The summed E-state index contributed by atoms with van der Waals surface area (Å²) in [5.74, 6) is -0.354. The molecule has 2 aromatic carbocycles. The summed E-state index contributed by atoms with van der Waals surface area (Å²) < 4.78 is 41.0. The van der Waals surface area contributed by atoms with E-state index in [1.807, 2.05) is 0 Å². The Labute approximate surface area is 203 Å². The molecule has 34 heavy (non-hydrogen) atoms. The van der Waals surface area contributed by atoms with Crippen LogP contribution in [-0.4, -0.2) is 52.5 Å². The Hall–Kier alpha value is -2.91. The highest BCUT2D eigenvalue weighted by atomic mass is 35.5. The number of hydrogen-bond donors (Lipinski definition) is 0. The quantitative estimate of drug-likeness (QED) is 0.528. The molecule has 2 heterocycles. The first-order valence-electron chi connectivity index (χ1n) is 10.3. The summed E-state index contributed by atoms with van der Waals surface area (Å²) >= 11 is 13.0. The monoisotopic (exact) mass is 512 g/mol. The van der Waals surface area contributed by atoms with E-state index in [1.54, 1.807) is 23.7 Å². The van der Waals surface area contributed by atoms with Crippen molar-refractivity contribution in [2.24, 2.45) is 7.05 Å². The number of piperazine rings is 1. The van der Waals surface area contributed by atoms with E-state index in [1.165, 1.54) is 17.0 Å². The van der Waals surface area contributed by atoms with Gasteiger partial charge in [-0.25, -0.2) is 0 Å². The van der Waals surface area contributed by atoms with Gasteiger partial charge in [0.15, 0.2) is 0 Å². The number of aromatic nitrogens is 1. The molecule has 6 nitrogen and oxygen atoms in total. The second kappa shape index (κ2) is 9.03. The van der Waals surface area contributed by atoms with Crippen molar-refractivity contribution >= 4 is 46.1 Å². The summed E-state index contributed by atoms with van der Waals surface area (Å²) in [5, 5.41) is 12.1. The number of benzene rings is 2.